The van der Waals surface area contributed by atoms with Crippen LogP contribution in [0.4, 0.5) is 5.69 Å². The van der Waals surface area contributed by atoms with Gasteiger partial charge in [0.05, 0.1) is 23.7 Å². The molecular weight excluding hydrogens is 262 g/mol. The Bertz CT molecular complexity index is 752. The van der Waals surface area contributed by atoms with Crippen LogP contribution in [0.3, 0.4) is 0 Å². The zero-order chi connectivity index (χ0) is 13.4. The van der Waals surface area contributed by atoms with E-state index in [2.05, 4.69) is 9.97 Å². The molecule has 0 radical (unpaired) electrons. The Hall–Kier alpha value is -2.20. The first-order chi connectivity index (χ1) is 9.17. The minimum absolute atomic E-state index is 0.626. The molecule has 5 heteroatoms. The van der Waals surface area contributed by atoms with Crippen molar-refractivity contribution in [3.05, 3.63) is 41.4 Å². The third kappa shape index (κ3) is 2.11. The number of nitrogens with two attached hydrogens (primary N) is 1. The predicted octanol–water partition coefficient (Wildman–Crippen LogP) is 3.47. The molecule has 3 N–H and O–H groups in total. The van der Waals surface area contributed by atoms with Crippen molar-refractivity contribution in [1.82, 2.24) is 9.97 Å². The summed E-state index contributed by atoms with van der Waals surface area (Å²) in [6, 6.07) is 11.0. The van der Waals surface area contributed by atoms with E-state index in [9.17, 15) is 0 Å². The molecule has 2 aromatic carbocycles. The number of anilines is 1. The lowest BCUT2D eigenvalue weighted by Crippen LogP contribution is -1.89. The molecule has 0 bridgehead atoms. The molecule has 0 aliphatic rings. The predicted molar refractivity (Wildman–Crippen MR) is 77.5 cm³/mol. The lowest BCUT2D eigenvalue weighted by molar-refractivity contribution is 0.416. The molecule has 0 aliphatic carbocycles. The van der Waals surface area contributed by atoms with E-state index < -0.39 is 0 Å². The summed E-state index contributed by atoms with van der Waals surface area (Å²) < 4.78 is 5.33. The molecule has 0 amide bonds. The van der Waals surface area contributed by atoms with E-state index in [0.29, 0.717) is 16.5 Å². The number of nitrogens with one attached hydrogen (secondary N) is 1. The fourth-order valence-electron chi connectivity index (χ4n) is 2.02. The van der Waals surface area contributed by atoms with Gasteiger partial charge in [0.2, 0.25) is 0 Å². The number of rotatable bonds is 2. The summed E-state index contributed by atoms with van der Waals surface area (Å²) in [5, 5.41) is 0.626. The third-order valence-corrected chi connectivity index (χ3v) is 3.16. The average molecular weight is 274 g/mol. The van der Waals surface area contributed by atoms with Gasteiger partial charge in [-0.2, -0.15) is 0 Å². The Balaban J connectivity index is 2.18. The SMILES string of the molecule is COc1cc(Cl)ccc1-c1nc2ccc(N)cc2[nH]1. The fourth-order valence-corrected chi connectivity index (χ4v) is 2.18. The van der Waals surface area contributed by atoms with E-state index in [1.54, 1.807) is 19.2 Å². The number of hydrogen-bond donors (Lipinski definition) is 2. The minimum atomic E-state index is 0.626. The lowest BCUT2D eigenvalue weighted by Gasteiger charge is -2.06. The van der Waals surface area contributed by atoms with Crippen LogP contribution in [0.1, 0.15) is 0 Å². The van der Waals surface area contributed by atoms with Crippen molar-refractivity contribution in [1.29, 1.82) is 0 Å². The zero-order valence-corrected chi connectivity index (χ0v) is 11.0. The quantitative estimate of drug-likeness (QED) is 0.703. The minimum Gasteiger partial charge on any atom is -0.496 e. The topological polar surface area (TPSA) is 63.9 Å². The van der Waals surface area contributed by atoms with E-state index >= 15 is 0 Å². The molecule has 3 aromatic rings. The Morgan fingerprint density at radius 1 is 1.21 bits per heavy atom. The molecule has 4 nitrogen and oxygen atoms in total. The summed E-state index contributed by atoms with van der Waals surface area (Å²) >= 11 is 5.96. The molecule has 0 saturated heterocycles. The fraction of sp³-hybridized carbons (Fsp3) is 0.0714. The van der Waals surface area contributed by atoms with Crippen LogP contribution < -0.4 is 10.5 Å². The average Bonchev–Trinajstić information content (AvgIpc) is 2.81. The van der Waals surface area contributed by atoms with Crippen LogP contribution in [0.2, 0.25) is 5.02 Å². The molecular formula is C14H12ClN3O. The Morgan fingerprint density at radius 3 is 2.84 bits per heavy atom. The molecule has 0 unspecified atom stereocenters. The number of aromatic amines is 1. The van der Waals surface area contributed by atoms with Crippen LogP contribution in [0, 0.1) is 0 Å². The van der Waals surface area contributed by atoms with Crippen LogP contribution in [0.15, 0.2) is 36.4 Å². The standard InChI is InChI=1S/C14H12ClN3O/c1-19-13-6-8(15)2-4-10(13)14-17-11-5-3-9(16)7-12(11)18-14/h2-7H,16H2,1H3,(H,17,18). The van der Waals surface area contributed by atoms with Crippen molar-refractivity contribution in [3.63, 3.8) is 0 Å². The number of benzene rings is 2. The number of hydrogen-bond acceptors (Lipinski definition) is 3. The van der Waals surface area contributed by atoms with Crippen molar-refractivity contribution in [2.24, 2.45) is 0 Å². The van der Waals surface area contributed by atoms with Crippen LogP contribution in [-0.4, -0.2) is 17.1 Å². The largest absolute Gasteiger partial charge is 0.496 e. The highest BCUT2D eigenvalue weighted by molar-refractivity contribution is 6.30. The second-order valence-electron chi connectivity index (χ2n) is 4.21. The maximum Gasteiger partial charge on any atom is 0.142 e. The Kier molecular flexibility index (Phi) is 2.80. The summed E-state index contributed by atoms with van der Waals surface area (Å²) in [7, 11) is 1.61. The van der Waals surface area contributed by atoms with Gasteiger partial charge in [-0.15, -0.1) is 0 Å². The number of ether oxygens (including phenoxy) is 1. The molecule has 3 rings (SSSR count). The van der Waals surface area contributed by atoms with Crippen LogP contribution in [0.25, 0.3) is 22.4 Å². The van der Waals surface area contributed by atoms with Crippen LogP contribution in [0.5, 0.6) is 5.75 Å². The van der Waals surface area contributed by atoms with Crippen molar-refractivity contribution < 1.29 is 4.74 Å². The Morgan fingerprint density at radius 2 is 2.05 bits per heavy atom. The van der Waals surface area contributed by atoms with Gasteiger partial charge in [-0.25, -0.2) is 4.98 Å². The number of nitrogens with zero attached hydrogens (tertiary/aromatic N) is 1. The lowest BCUT2D eigenvalue weighted by atomic mass is 10.2. The maximum absolute atomic E-state index is 5.96. The van der Waals surface area contributed by atoms with E-state index in [1.165, 1.54) is 0 Å². The number of aromatic nitrogens is 2. The third-order valence-electron chi connectivity index (χ3n) is 2.92. The molecule has 1 heterocycles. The highest BCUT2D eigenvalue weighted by Gasteiger charge is 2.11. The number of imidazole rings is 1. The summed E-state index contributed by atoms with van der Waals surface area (Å²) in [4.78, 5) is 7.76. The van der Waals surface area contributed by atoms with Gasteiger partial charge < -0.3 is 15.5 Å². The second kappa shape index (κ2) is 4.48. The summed E-state index contributed by atoms with van der Waals surface area (Å²) in [5.41, 5.74) is 9.08. The molecule has 0 aliphatic heterocycles. The molecule has 0 fully saturated rings. The highest BCUT2D eigenvalue weighted by atomic mass is 35.5. The van der Waals surface area contributed by atoms with Gasteiger partial charge in [-0.05, 0) is 36.4 Å². The van der Waals surface area contributed by atoms with E-state index in [0.717, 1.165) is 22.4 Å². The normalized spacial score (nSPS) is 10.8. The number of methoxy groups -OCH3 is 1. The van der Waals surface area contributed by atoms with Crippen molar-refractivity contribution in [3.8, 4) is 17.1 Å². The monoisotopic (exact) mass is 273 g/mol. The van der Waals surface area contributed by atoms with Crippen molar-refractivity contribution in [2.45, 2.75) is 0 Å². The number of nitrogen functional groups attached to an aromatic ring is 1. The first kappa shape index (κ1) is 11.9. The van der Waals surface area contributed by atoms with Gasteiger partial charge >= 0.3 is 0 Å². The van der Waals surface area contributed by atoms with Crippen molar-refractivity contribution >= 4 is 28.3 Å². The second-order valence-corrected chi connectivity index (χ2v) is 4.64. The first-order valence-electron chi connectivity index (χ1n) is 5.76. The number of H-pyrrole nitrogens is 1. The molecule has 96 valence electrons. The Labute approximate surface area is 115 Å². The van der Waals surface area contributed by atoms with Gasteiger partial charge in [0.25, 0.3) is 0 Å². The van der Waals surface area contributed by atoms with Gasteiger partial charge in [0, 0.05) is 10.7 Å². The zero-order valence-electron chi connectivity index (χ0n) is 10.3. The highest BCUT2D eigenvalue weighted by Crippen LogP contribution is 2.32. The van der Waals surface area contributed by atoms with Gasteiger partial charge in [-0.1, -0.05) is 11.6 Å². The maximum atomic E-state index is 5.96. The number of fused-ring (bicyclic) bond motifs is 1. The number of halogens is 1. The van der Waals surface area contributed by atoms with Gasteiger partial charge in [-0.3, -0.25) is 0 Å². The molecule has 0 spiro atoms. The van der Waals surface area contributed by atoms with E-state index in [1.807, 2.05) is 24.3 Å². The van der Waals surface area contributed by atoms with Crippen molar-refractivity contribution in [2.75, 3.05) is 12.8 Å². The summed E-state index contributed by atoms with van der Waals surface area (Å²) in [5.74, 6) is 1.41. The van der Waals surface area contributed by atoms with Crippen LogP contribution in [-0.2, 0) is 0 Å². The molecule has 0 saturated carbocycles. The molecule has 19 heavy (non-hydrogen) atoms. The van der Waals surface area contributed by atoms with E-state index in [-0.39, 0.29) is 0 Å². The summed E-state index contributed by atoms with van der Waals surface area (Å²) in [6.45, 7) is 0. The van der Waals surface area contributed by atoms with Gasteiger partial charge in [0.15, 0.2) is 0 Å². The summed E-state index contributed by atoms with van der Waals surface area (Å²) in [6.07, 6.45) is 0. The first-order valence-corrected chi connectivity index (χ1v) is 6.14. The molecule has 1 aromatic heterocycles. The van der Waals surface area contributed by atoms with Crippen LogP contribution >= 0.6 is 11.6 Å². The molecule has 0 atom stereocenters. The van der Waals surface area contributed by atoms with E-state index in [4.69, 9.17) is 22.1 Å². The van der Waals surface area contributed by atoms with Gasteiger partial charge in [0.1, 0.15) is 11.6 Å². The smallest absolute Gasteiger partial charge is 0.142 e.